The van der Waals surface area contributed by atoms with Crippen LogP contribution in [-0.2, 0) is 24.8 Å². The maximum Gasteiger partial charge on any atom is 0.283 e. The third-order valence-corrected chi connectivity index (χ3v) is 9.94. The average molecular weight is 741 g/mol. The molecule has 1 aliphatic heterocycles. The fourth-order valence-corrected chi connectivity index (χ4v) is 7.33. The summed E-state index contributed by atoms with van der Waals surface area (Å²) in [6.07, 6.45) is 4.55. The van der Waals surface area contributed by atoms with Crippen molar-refractivity contribution in [3.63, 3.8) is 0 Å². The molecule has 7 aromatic rings. The number of hydrogen-bond acceptors (Lipinski definition) is 8. The van der Waals surface area contributed by atoms with E-state index in [1.807, 2.05) is 39.0 Å². The molecule has 55 heavy (non-hydrogen) atoms. The van der Waals surface area contributed by atoms with E-state index < -0.39 is 0 Å². The number of rotatable bonds is 11. The largest absolute Gasteiger partial charge is 0.369 e. The molecular formula is C42H45FN10O2. The van der Waals surface area contributed by atoms with E-state index in [0.29, 0.717) is 42.2 Å². The van der Waals surface area contributed by atoms with Crippen LogP contribution in [0.1, 0.15) is 30.5 Å². The fraction of sp³-hybridized carbons (Fsp3) is 0.262. The van der Waals surface area contributed by atoms with E-state index in [2.05, 4.69) is 76.8 Å². The number of pyridine rings is 1. The highest BCUT2D eigenvalue weighted by atomic mass is 19.1. The smallest absolute Gasteiger partial charge is 0.283 e. The Kier molecular flexibility index (Phi) is 11.0. The minimum absolute atomic E-state index is 0.220. The number of amides is 1. The molecular weight excluding hydrogens is 696 g/mol. The lowest BCUT2D eigenvalue weighted by molar-refractivity contribution is -0.109. The quantitative estimate of drug-likeness (QED) is 0.102. The number of hydrogen-bond donors (Lipinski definition) is 3. The number of aryl methyl sites for hydroxylation is 2. The summed E-state index contributed by atoms with van der Waals surface area (Å²) in [5, 5.41) is 7.46. The molecule has 1 saturated heterocycles. The highest BCUT2D eigenvalue weighted by Crippen LogP contribution is 2.34. The average Bonchev–Trinajstić information content (AvgIpc) is 3.70. The van der Waals surface area contributed by atoms with E-state index in [-0.39, 0.29) is 11.4 Å². The molecule has 0 spiro atoms. The number of H-pyrrole nitrogens is 1. The third-order valence-electron chi connectivity index (χ3n) is 9.94. The minimum atomic E-state index is -0.269. The van der Waals surface area contributed by atoms with Gasteiger partial charge in [0.15, 0.2) is 11.5 Å². The molecule has 0 unspecified atom stereocenters. The topological polar surface area (TPSA) is 129 Å². The van der Waals surface area contributed by atoms with Crippen LogP contribution in [0, 0.1) is 12.7 Å². The maximum atomic E-state index is 14.2. The molecule has 5 heterocycles. The van der Waals surface area contributed by atoms with Crippen molar-refractivity contribution >= 4 is 45.7 Å². The number of piperazine rings is 1. The van der Waals surface area contributed by atoms with Crippen molar-refractivity contribution in [3.05, 3.63) is 124 Å². The van der Waals surface area contributed by atoms with Gasteiger partial charge in [0.1, 0.15) is 11.2 Å². The molecule has 0 bridgehead atoms. The standard InChI is InChI=1S/C40H39FN10O2.C2H6/c1-26-21-29(41)22-34-36(26)32(14-16-42-25-52)37(46-34)28-8-6-27(7-9-28)24-49-17-19-50(20-18-49)31-12-10-30(11-13-31)45-40-44-23-33-38(47-40)48(2)51(39(33)53)35-5-3-4-15-43-35;1-2/h3-13,15,21-23,25,46H,14,16-20,24H2,1-2H3,(H,42,52)(H,44,45,47);1-2H3. The van der Waals surface area contributed by atoms with Gasteiger partial charge in [-0.1, -0.05) is 44.2 Å². The zero-order chi connectivity index (χ0) is 38.5. The van der Waals surface area contributed by atoms with Gasteiger partial charge in [0.05, 0.1) is 0 Å². The summed E-state index contributed by atoms with van der Waals surface area (Å²) in [6.45, 7) is 11.0. The molecule has 4 aromatic heterocycles. The van der Waals surface area contributed by atoms with Crippen LogP contribution in [-0.4, -0.2) is 73.3 Å². The number of carbonyl (C=O) groups excluding carboxylic acids is 1. The lowest BCUT2D eigenvalue weighted by Crippen LogP contribution is -2.45. The summed E-state index contributed by atoms with van der Waals surface area (Å²) in [7, 11) is 1.78. The number of halogens is 1. The number of fused-ring (bicyclic) bond motifs is 2. The molecule has 1 aliphatic rings. The first kappa shape index (κ1) is 37.0. The van der Waals surface area contributed by atoms with Crippen molar-refractivity contribution in [3.8, 4) is 17.1 Å². The van der Waals surface area contributed by atoms with Gasteiger partial charge in [-0.15, -0.1) is 0 Å². The van der Waals surface area contributed by atoms with Crippen LogP contribution < -0.4 is 21.1 Å². The lowest BCUT2D eigenvalue weighted by Gasteiger charge is -2.36. The maximum absolute atomic E-state index is 14.2. The van der Waals surface area contributed by atoms with Crippen LogP contribution in [0.25, 0.3) is 39.0 Å². The van der Waals surface area contributed by atoms with Crippen molar-refractivity contribution in [1.82, 2.24) is 39.5 Å². The molecule has 282 valence electrons. The predicted molar refractivity (Wildman–Crippen MR) is 217 cm³/mol. The first-order valence-electron chi connectivity index (χ1n) is 18.6. The van der Waals surface area contributed by atoms with E-state index in [0.717, 1.165) is 77.4 Å². The normalized spacial score (nSPS) is 13.1. The van der Waals surface area contributed by atoms with Gasteiger partial charge in [-0.2, -0.15) is 9.67 Å². The first-order chi connectivity index (χ1) is 26.9. The Morgan fingerprint density at radius 2 is 1.71 bits per heavy atom. The summed E-state index contributed by atoms with van der Waals surface area (Å²) in [5.41, 5.74) is 8.23. The number of nitrogens with one attached hydrogen (secondary N) is 3. The van der Waals surface area contributed by atoms with Gasteiger partial charge < -0.3 is 20.5 Å². The molecule has 8 rings (SSSR count). The molecule has 0 radical (unpaired) electrons. The predicted octanol–water partition coefficient (Wildman–Crippen LogP) is 6.49. The van der Waals surface area contributed by atoms with Gasteiger partial charge in [0, 0.05) is 86.7 Å². The van der Waals surface area contributed by atoms with Crippen molar-refractivity contribution in [1.29, 1.82) is 0 Å². The number of benzene rings is 3. The van der Waals surface area contributed by atoms with Crippen molar-refractivity contribution in [2.75, 3.05) is 42.9 Å². The molecule has 1 fully saturated rings. The van der Waals surface area contributed by atoms with E-state index >= 15 is 0 Å². The van der Waals surface area contributed by atoms with E-state index in [9.17, 15) is 14.0 Å². The molecule has 13 heteroatoms. The zero-order valence-corrected chi connectivity index (χ0v) is 31.5. The highest BCUT2D eigenvalue weighted by molar-refractivity contribution is 5.93. The van der Waals surface area contributed by atoms with Crippen molar-refractivity contribution in [2.24, 2.45) is 7.05 Å². The van der Waals surface area contributed by atoms with Gasteiger partial charge in [-0.3, -0.25) is 19.2 Å². The summed E-state index contributed by atoms with van der Waals surface area (Å²) in [4.78, 5) is 45.6. The fourth-order valence-electron chi connectivity index (χ4n) is 7.33. The second kappa shape index (κ2) is 16.4. The summed E-state index contributed by atoms with van der Waals surface area (Å²) in [6, 6.07) is 25.3. The third kappa shape index (κ3) is 7.69. The van der Waals surface area contributed by atoms with Crippen LogP contribution in [0.5, 0.6) is 0 Å². The Balaban J connectivity index is 0.00000229. The number of nitrogens with zero attached hydrogens (tertiary/aromatic N) is 7. The van der Waals surface area contributed by atoms with Gasteiger partial charge in [0.25, 0.3) is 5.56 Å². The van der Waals surface area contributed by atoms with Crippen LogP contribution in [0.2, 0.25) is 0 Å². The summed E-state index contributed by atoms with van der Waals surface area (Å²) >= 11 is 0. The van der Waals surface area contributed by atoms with Gasteiger partial charge in [-0.05, 0) is 84.1 Å². The number of anilines is 3. The Morgan fingerprint density at radius 1 is 0.945 bits per heavy atom. The van der Waals surface area contributed by atoms with Gasteiger partial charge in [0.2, 0.25) is 12.4 Å². The van der Waals surface area contributed by atoms with Crippen LogP contribution in [0.15, 0.2) is 96.1 Å². The number of carbonyl (C=O) groups is 1. The second-order valence-corrected chi connectivity index (χ2v) is 13.3. The second-order valence-electron chi connectivity index (χ2n) is 13.3. The van der Waals surface area contributed by atoms with Crippen molar-refractivity contribution < 1.29 is 9.18 Å². The van der Waals surface area contributed by atoms with E-state index in [1.54, 1.807) is 42.3 Å². The molecule has 3 aromatic carbocycles. The Morgan fingerprint density at radius 3 is 2.42 bits per heavy atom. The Labute approximate surface area is 318 Å². The molecule has 3 N–H and O–H groups in total. The Hall–Kier alpha value is -6.34. The highest BCUT2D eigenvalue weighted by Gasteiger charge is 2.20. The number of aromatic amines is 1. The molecule has 0 saturated carbocycles. The summed E-state index contributed by atoms with van der Waals surface area (Å²) in [5.74, 6) is 0.654. The molecule has 0 atom stereocenters. The van der Waals surface area contributed by atoms with E-state index in [4.69, 9.17) is 0 Å². The van der Waals surface area contributed by atoms with Crippen LogP contribution in [0.3, 0.4) is 0 Å². The molecule has 0 aliphatic carbocycles. The lowest BCUT2D eigenvalue weighted by atomic mass is 9.99. The monoisotopic (exact) mass is 740 g/mol. The zero-order valence-electron chi connectivity index (χ0n) is 31.5. The minimum Gasteiger partial charge on any atom is -0.369 e. The number of aromatic nitrogens is 6. The molecule has 12 nitrogen and oxygen atoms in total. The van der Waals surface area contributed by atoms with E-state index in [1.165, 1.54) is 16.3 Å². The summed E-state index contributed by atoms with van der Waals surface area (Å²) < 4.78 is 17.4. The van der Waals surface area contributed by atoms with Crippen molar-refractivity contribution in [2.45, 2.75) is 33.7 Å². The SMILES string of the molecule is CC.Cc1cc(F)cc2[nH]c(-c3ccc(CN4CCN(c5ccc(Nc6ncc7c(=O)n(-c8ccccn8)n(C)c7n6)cc5)CC4)cc3)c(CCNC=O)c12. The van der Waals surface area contributed by atoms with Crippen LogP contribution in [0.4, 0.5) is 21.7 Å². The molecule has 1 amide bonds. The van der Waals surface area contributed by atoms with Crippen LogP contribution >= 0.6 is 0 Å². The van der Waals surface area contributed by atoms with Gasteiger partial charge >= 0.3 is 0 Å². The Bertz CT molecular complexity index is 2470. The van der Waals surface area contributed by atoms with Gasteiger partial charge in [-0.25, -0.2) is 14.4 Å². The first-order valence-corrected chi connectivity index (χ1v) is 18.6.